The van der Waals surface area contributed by atoms with Gasteiger partial charge in [-0.25, -0.2) is 4.98 Å². The molecule has 2 aromatic heterocycles. The molecule has 2 aliphatic carbocycles. The summed E-state index contributed by atoms with van der Waals surface area (Å²) in [6.45, 7) is 0. The van der Waals surface area contributed by atoms with E-state index in [0.29, 0.717) is 0 Å². The largest absolute Gasteiger partial charge is 0.248 e. The van der Waals surface area contributed by atoms with E-state index in [1.165, 1.54) is 81.4 Å². The van der Waals surface area contributed by atoms with E-state index < -0.39 is 0 Å². The van der Waals surface area contributed by atoms with Gasteiger partial charge in [-0.15, -0.1) is 11.3 Å². The highest BCUT2D eigenvalue weighted by Crippen LogP contribution is 2.66. The first kappa shape index (κ1) is 31.5. The Morgan fingerprint density at radius 2 is 0.946 bits per heavy atom. The Hall–Kier alpha value is -6.87. The summed E-state index contributed by atoms with van der Waals surface area (Å²) in [7, 11) is 0. The van der Waals surface area contributed by atoms with Crippen molar-refractivity contribution in [3.63, 3.8) is 0 Å². The molecule has 0 fully saturated rings. The SMILES string of the molecule is c1ccc(-c2cc(-c3ccc(-c4ccc5c(c4)C4(c6ccccc6-c6ccccc64)c4c-5sc5ccccc45)cc3)cc(-c3cccc4ccccc34)n2)cc1. The second-order valence-electron chi connectivity index (χ2n) is 15.0. The van der Waals surface area contributed by atoms with Gasteiger partial charge in [0.15, 0.2) is 0 Å². The van der Waals surface area contributed by atoms with Crippen molar-refractivity contribution in [1.29, 1.82) is 0 Å². The minimum atomic E-state index is -0.379. The summed E-state index contributed by atoms with van der Waals surface area (Å²) in [6, 6.07) is 73.6. The third kappa shape index (κ3) is 4.45. The predicted molar refractivity (Wildman–Crippen MR) is 235 cm³/mol. The lowest BCUT2D eigenvalue weighted by atomic mass is 9.70. The molecule has 2 heteroatoms. The van der Waals surface area contributed by atoms with Gasteiger partial charge in [-0.2, -0.15) is 0 Å². The van der Waals surface area contributed by atoms with Gasteiger partial charge in [0.25, 0.3) is 0 Å². The average Bonchev–Trinajstić information content (AvgIpc) is 3.90. The van der Waals surface area contributed by atoms with Crippen LogP contribution in [0.15, 0.2) is 200 Å². The molecule has 2 aliphatic rings. The van der Waals surface area contributed by atoms with Crippen molar-refractivity contribution >= 4 is 32.2 Å². The maximum Gasteiger partial charge on any atom is 0.0740 e. The molecule has 0 N–H and O–H groups in total. The van der Waals surface area contributed by atoms with E-state index in [-0.39, 0.29) is 5.41 Å². The molecule has 56 heavy (non-hydrogen) atoms. The standard InChI is InChI=1S/C54H33NS/c1-2-14-37(15-3-1)49-32-39(33-50(55-49)43-21-12-16-36-13-4-5-17-40(36)43)35-27-25-34(26-28-35)38-29-30-44-48(31-38)54(52-45-20-8-11-24-51(45)56-53(44)52)46-22-9-6-18-41(46)42-19-7-10-23-47(42)54/h1-33H. The maximum atomic E-state index is 5.25. The van der Waals surface area contributed by atoms with Gasteiger partial charge in [0.2, 0.25) is 0 Å². The molecule has 8 aromatic carbocycles. The Morgan fingerprint density at radius 1 is 0.357 bits per heavy atom. The lowest BCUT2D eigenvalue weighted by Gasteiger charge is -2.30. The fourth-order valence-corrected chi connectivity index (χ4v) is 11.0. The van der Waals surface area contributed by atoms with Crippen molar-refractivity contribution in [2.45, 2.75) is 5.41 Å². The average molecular weight is 728 g/mol. The van der Waals surface area contributed by atoms with Crippen LogP contribution in [0, 0.1) is 0 Å². The lowest BCUT2D eigenvalue weighted by molar-refractivity contribution is 0.803. The Kier molecular flexibility index (Phi) is 6.78. The van der Waals surface area contributed by atoms with E-state index >= 15 is 0 Å². The normalized spacial score (nSPS) is 13.1. The molecule has 12 rings (SSSR count). The molecule has 2 heterocycles. The molecule has 10 aromatic rings. The Bertz CT molecular complexity index is 3140. The quantitative estimate of drug-likeness (QED) is 0.176. The van der Waals surface area contributed by atoms with Gasteiger partial charge in [-0.05, 0) is 102 Å². The van der Waals surface area contributed by atoms with Crippen LogP contribution in [0.1, 0.15) is 22.3 Å². The van der Waals surface area contributed by atoms with Crippen LogP contribution in [0.5, 0.6) is 0 Å². The summed E-state index contributed by atoms with van der Waals surface area (Å²) < 4.78 is 1.35. The van der Waals surface area contributed by atoms with Gasteiger partial charge in [0, 0.05) is 20.7 Å². The van der Waals surface area contributed by atoms with E-state index in [1.807, 2.05) is 11.3 Å². The van der Waals surface area contributed by atoms with Crippen molar-refractivity contribution in [3.05, 3.63) is 222 Å². The van der Waals surface area contributed by atoms with Crippen LogP contribution in [-0.4, -0.2) is 4.98 Å². The summed E-state index contributed by atoms with van der Waals surface area (Å²) in [5.41, 5.74) is 18.2. The fourth-order valence-electron chi connectivity index (χ4n) is 9.66. The number of hydrogen-bond donors (Lipinski definition) is 0. The van der Waals surface area contributed by atoms with Crippen molar-refractivity contribution in [2.75, 3.05) is 0 Å². The van der Waals surface area contributed by atoms with Gasteiger partial charge in [-0.1, -0.05) is 176 Å². The lowest BCUT2D eigenvalue weighted by Crippen LogP contribution is -2.25. The number of rotatable bonds is 4. The zero-order valence-corrected chi connectivity index (χ0v) is 31.2. The van der Waals surface area contributed by atoms with Crippen molar-refractivity contribution in [3.8, 4) is 66.3 Å². The third-order valence-electron chi connectivity index (χ3n) is 12.1. The fraction of sp³-hybridized carbons (Fsp3) is 0.0185. The second kappa shape index (κ2) is 12.1. The first-order valence-electron chi connectivity index (χ1n) is 19.3. The second-order valence-corrected chi connectivity index (χ2v) is 16.1. The first-order valence-corrected chi connectivity index (χ1v) is 20.1. The highest BCUT2D eigenvalue weighted by Gasteiger charge is 2.53. The molecular formula is C54H33NS. The highest BCUT2D eigenvalue weighted by molar-refractivity contribution is 7.22. The van der Waals surface area contributed by atoms with Crippen LogP contribution in [0.2, 0.25) is 0 Å². The summed E-state index contributed by atoms with van der Waals surface area (Å²) in [4.78, 5) is 6.64. The summed E-state index contributed by atoms with van der Waals surface area (Å²) in [6.07, 6.45) is 0. The number of benzene rings is 8. The van der Waals surface area contributed by atoms with Crippen LogP contribution < -0.4 is 0 Å². The van der Waals surface area contributed by atoms with E-state index in [0.717, 1.165) is 28.1 Å². The monoisotopic (exact) mass is 727 g/mol. The third-order valence-corrected chi connectivity index (χ3v) is 13.3. The molecular weight excluding hydrogens is 695 g/mol. The number of aromatic nitrogens is 1. The highest BCUT2D eigenvalue weighted by atomic mass is 32.1. The van der Waals surface area contributed by atoms with Gasteiger partial charge in [0.05, 0.1) is 16.8 Å². The van der Waals surface area contributed by atoms with Crippen molar-refractivity contribution < 1.29 is 0 Å². The van der Waals surface area contributed by atoms with E-state index in [4.69, 9.17) is 4.98 Å². The summed E-state index contributed by atoms with van der Waals surface area (Å²) in [5.74, 6) is 0. The van der Waals surface area contributed by atoms with E-state index in [2.05, 4.69) is 200 Å². The zero-order valence-electron chi connectivity index (χ0n) is 30.4. The van der Waals surface area contributed by atoms with Gasteiger partial charge < -0.3 is 0 Å². The van der Waals surface area contributed by atoms with Gasteiger partial charge >= 0.3 is 0 Å². The van der Waals surface area contributed by atoms with Crippen LogP contribution in [0.3, 0.4) is 0 Å². The van der Waals surface area contributed by atoms with Crippen molar-refractivity contribution in [1.82, 2.24) is 4.98 Å². The smallest absolute Gasteiger partial charge is 0.0740 e. The molecule has 0 radical (unpaired) electrons. The summed E-state index contributed by atoms with van der Waals surface area (Å²) >= 11 is 1.93. The van der Waals surface area contributed by atoms with Gasteiger partial charge in [-0.3, -0.25) is 0 Å². The van der Waals surface area contributed by atoms with Crippen LogP contribution in [0.4, 0.5) is 0 Å². The summed E-state index contributed by atoms with van der Waals surface area (Å²) in [5, 5.41) is 3.78. The first-order chi connectivity index (χ1) is 27.8. The van der Waals surface area contributed by atoms with E-state index in [1.54, 1.807) is 0 Å². The molecule has 0 amide bonds. The molecule has 0 unspecified atom stereocenters. The molecule has 0 saturated heterocycles. The Labute approximate surface area is 329 Å². The molecule has 1 nitrogen and oxygen atoms in total. The predicted octanol–water partition coefficient (Wildman–Crippen LogP) is 14.5. The van der Waals surface area contributed by atoms with E-state index in [9.17, 15) is 0 Å². The van der Waals surface area contributed by atoms with Crippen LogP contribution >= 0.6 is 11.3 Å². The zero-order chi connectivity index (χ0) is 36.8. The number of nitrogens with zero attached hydrogens (tertiary/aromatic N) is 1. The number of thiophene rings is 1. The number of hydrogen-bond acceptors (Lipinski definition) is 2. The number of pyridine rings is 1. The van der Waals surface area contributed by atoms with Crippen LogP contribution in [0.25, 0.3) is 87.2 Å². The Balaban J connectivity index is 1.01. The van der Waals surface area contributed by atoms with Crippen molar-refractivity contribution in [2.24, 2.45) is 0 Å². The minimum absolute atomic E-state index is 0.379. The topological polar surface area (TPSA) is 12.9 Å². The number of fused-ring (bicyclic) bond motifs is 13. The molecule has 0 atom stereocenters. The minimum Gasteiger partial charge on any atom is -0.248 e. The molecule has 260 valence electrons. The molecule has 0 saturated carbocycles. The van der Waals surface area contributed by atoms with Gasteiger partial charge in [0.1, 0.15) is 0 Å². The molecule has 1 spiro atoms. The Morgan fingerprint density at radius 3 is 1.73 bits per heavy atom. The molecule has 0 aliphatic heterocycles. The maximum absolute atomic E-state index is 5.25. The van der Waals surface area contributed by atoms with Crippen LogP contribution in [-0.2, 0) is 5.41 Å². The molecule has 0 bridgehead atoms.